The molecule has 96 valence electrons. The van der Waals surface area contributed by atoms with Gasteiger partial charge in [-0.2, -0.15) is 13.2 Å². The lowest BCUT2D eigenvalue weighted by atomic mass is 9.93. The van der Waals surface area contributed by atoms with Gasteiger partial charge in [0.1, 0.15) is 0 Å². The number of alkyl halides is 3. The van der Waals surface area contributed by atoms with Crippen LogP contribution in [0.3, 0.4) is 0 Å². The molecule has 0 atom stereocenters. The van der Waals surface area contributed by atoms with E-state index in [4.69, 9.17) is 0 Å². The van der Waals surface area contributed by atoms with Gasteiger partial charge < -0.3 is 10.3 Å². The molecule has 0 radical (unpaired) electrons. The van der Waals surface area contributed by atoms with Crippen molar-refractivity contribution in [3.8, 4) is 0 Å². The average molecular weight is 247 g/mol. The van der Waals surface area contributed by atoms with Crippen molar-refractivity contribution in [2.24, 2.45) is 5.92 Å². The number of rotatable bonds is 2. The highest BCUT2D eigenvalue weighted by molar-refractivity contribution is 5.15. The van der Waals surface area contributed by atoms with Crippen molar-refractivity contribution in [2.75, 3.05) is 13.1 Å². The molecule has 2 N–H and O–H groups in total. The molecule has 0 aromatic carbocycles. The zero-order chi connectivity index (χ0) is 12.5. The Labute approximate surface area is 97.8 Å². The summed E-state index contributed by atoms with van der Waals surface area (Å²) >= 11 is 0. The summed E-state index contributed by atoms with van der Waals surface area (Å²) in [6.07, 6.45) is -1.72. The summed E-state index contributed by atoms with van der Waals surface area (Å²) in [7, 11) is 0. The molecule has 0 amide bonds. The second-order valence-electron chi connectivity index (χ2n) is 4.55. The first-order chi connectivity index (χ1) is 7.97. The molecule has 1 aromatic rings. The van der Waals surface area contributed by atoms with Gasteiger partial charge in [0.2, 0.25) is 5.82 Å². The van der Waals surface area contributed by atoms with Gasteiger partial charge in [-0.1, -0.05) is 0 Å². The molecule has 0 saturated carbocycles. The van der Waals surface area contributed by atoms with E-state index >= 15 is 0 Å². The van der Waals surface area contributed by atoms with Crippen molar-refractivity contribution >= 4 is 0 Å². The monoisotopic (exact) mass is 247 g/mol. The normalized spacial score (nSPS) is 18.6. The van der Waals surface area contributed by atoms with Crippen LogP contribution in [0.1, 0.15) is 30.1 Å². The number of H-pyrrole nitrogens is 1. The van der Waals surface area contributed by atoms with Crippen molar-refractivity contribution in [1.29, 1.82) is 0 Å². The lowest BCUT2D eigenvalue weighted by Gasteiger charge is -2.21. The minimum atomic E-state index is -4.38. The van der Waals surface area contributed by atoms with E-state index in [2.05, 4.69) is 15.3 Å². The highest BCUT2D eigenvalue weighted by Crippen LogP contribution is 2.28. The minimum absolute atomic E-state index is 0.444. The van der Waals surface area contributed by atoms with Crippen LogP contribution >= 0.6 is 0 Å². The minimum Gasteiger partial charge on any atom is -0.338 e. The number of nitrogens with zero attached hydrogens (tertiary/aromatic N) is 1. The van der Waals surface area contributed by atoms with Crippen LogP contribution in [0.4, 0.5) is 13.2 Å². The van der Waals surface area contributed by atoms with Crippen LogP contribution in [-0.4, -0.2) is 23.1 Å². The summed E-state index contributed by atoms with van der Waals surface area (Å²) in [5.74, 6) is -0.432. The van der Waals surface area contributed by atoms with Gasteiger partial charge in [-0.15, -0.1) is 0 Å². The third kappa shape index (κ3) is 3.00. The summed E-state index contributed by atoms with van der Waals surface area (Å²) in [5.41, 5.74) is 1.10. The summed E-state index contributed by atoms with van der Waals surface area (Å²) < 4.78 is 37.4. The van der Waals surface area contributed by atoms with Gasteiger partial charge in [0.15, 0.2) is 0 Å². The Bertz CT molecular complexity index is 378. The van der Waals surface area contributed by atoms with E-state index in [0.717, 1.165) is 25.9 Å². The van der Waals surface area contributed by atoms with Crippen LogP contribution in [0.15, 0.2) is 0 Å². The Morgan fingerprint density at radius 2 is 1.94 bits per heavy atom. The molecule has 3 nitrogen and oxygen atoms in total. The van der Waals surface area contributed by atoms with Crippen LogP contribution in [0.2, 0.25) is 0 Å². The highest BCUT2D eigenvalue weighted by atomic mass is 19.4. The van der Waals surface area contributed by atoms with E-state index in [-0.39, 0.29) is 0 Å². The molecule has 2 heterocycles. The maximum Gasteiger partial charge on any atom is 0.449 e. The van der Waals surface area contributed by atoms with Crippen LogP contribution in [-0.2, 0) is 12.6 Å². The summed E-state index contributed by atoms with van der Waals surface area (Å²) in [4.78, 5) is 6.00. The lowest BCUT2D eigenvalue weighted by molar-refractivity contribution is -0.144. The fourth-order valence-corrected chi connectivity index (χ4v) is 2.19. The number of hydrogen-bond donors (Lipinski definition) is 2. The van der Waals surface area contributed by atoms with Crippen molar-refractivity contribution in [1.82, 2.24) is 15.3 Å². The molecule has 0 unspecified atom stereocenters. The van der Waals surface area contributed by atoms with Gasteiger partial charge in [-0.3, -0.25) is 0 Å². The molecule has 0 bridgehead atoms. The first-order valence-corrected chi connectivity index (χ1v) is 5.80. The summed E-state index contributed by atoms with van der Waals surface area (Å²) in [6.45, 7) is 3.54. The van der Waals surface area contributed by atoms with E-state index < -0.39 is 12.0 Å². The van der Waals surface area contributed by atoms with Crippen LogP contribution in [0.25, 0.3) is 0 Å². The fraction of sp³-hybridized carbons (Fsp3) is 0.727. The van der Waals surface area contributed by atoms with Gasteiger partial charge in [-0.25, -0.2) is 4.98 Å². The van der Waals surface area contributed by atoms with E-state index in [1.165, 1.54) is 0 Å². The van der Waals surface area contributed by atoms with Gasteiger partial charge in [0.05, 0.1) is 5.69 Å². The topological polar surface area (TPSA) is 40.7 Å². The Morgan fingerprint density at radius 3 is 2.47 bits per heavy atom. The number of imidazole rings is 1. The predicted octanol–water partition coefficient (Wildman–Crippen LogP) is 2.28. The van der Waals surface area contributed by atoms with Gasteiger partial charge >= 0.3 is 6.18 Å². The number of aromatic nitrogens is 2. The molecule has 1 aliphatic heterocycles. The largest absolute Gasteiger partial charge is 0.449 e. The third-order valence-electron chi connectivity index (χ3n) is 3.19. The Balaban J connectivity index is 2.07. The Morgan fingerprint density at radius 1 is 1.29 bits per heavy atom. The zero-order valence-corrected chi connectivity index (χ0v) is 9.69. The molecule has 0 aliphatic carbocycles. The van der Waals surface area contributed by atoms with E-state index in [9.17, 15) is 13.2 Å². The van der Waals surface area contributed by atoms with Gasteiger partial charge in [-0.05, 0) is 45.2 Å². The standard InChI is InChI=1S/C11H16F3N3/c1-7-9(6-8-2-4-15-5-3-8)17-10(16-7)11(12,13)14/h8,15H,2-6H2,1H3,(H,16,17). The number of aromatic amines is 1. The number of piperidine rings is 1. The number of halogens is 3. The number of hydrogen-bond acceptors (Lipinski definition) is 2. The average Bonchev–Trinajstić information content (AvgIpc) is 2.62. The second kappa shape index (κ2) is 4.68. The smallest absolute Gasteiger partial charge is 0.338 e. The first-order valence-electron chi connectivity index (χ1n) is 5.80. The predicted molar refractivity (Wildman–Crippen MR) is 57.6 cm³/mol. The maximum absolute atomic E-state index is 12.5. The van der Waals surface area contributed by atoms with Crippen molar-refractivity contribution in [2.45, 2.75) is 32.4 Å². The quantitative estimate of drug-likeness (QED) is 0.841. The maximum atomic E-state index is 12.5. The molecule has 1 aliphatic rings. The van der Waals surface area contributed by atoms with Crippen molar-refractivity contribution in [3.63, 3.8) is 0 Å². The molecule has 2 rings (SSSR count). The molecule has 1 fully saturated rings. The number of aryl methyl sites for hydroxylation is 1. The van der Waals surface area contributed by atoms with Crippen LogP contribution in [0.5, 0.6) is 0 Å². The van der Waals surface area contributed by atoms with E-state index in [1.54, 1.807) is 6.92 Å². The van der Waals surface area contributed by atoms with Crippen molar-refractivity contribution < 1.29 is 13.2 Å². The van der Waals surface area contributed by atoms with Gasteiger partial charge in [0.25, 0.3) is 0 Å². The van der Waals surface area contributed by atoms with Gasteiger partial charge in [0, 0.05) is 5.69 Å². The summed E-state index contributed by atoms with van der Waals surface area (Å²) in [5, 5.41) is 3.24. The van der Waals surface area contributed by atoms with E-state index in [1.807, 2.05) is 0 Å². The number of nitrogens with one attached hydrogen (secondary N) is 2. The highest BCUT2D eigenvalue weighted by Gasteiger charge is 2.35. The van der Waals surface area contributed by atoms with E-state index in [0.29, 0.717) is 23.7 Å². The fourth-order valence-electron chi connectivity index (χ4n) is 2.19. The van der Waals surface area contributed by atoms with Crippen molar-refractivity contribution in [3.05, 3.63) is 17.2 Å². The summed E-state index contributed by atoms with van der Waals surface area (Å²) in [6, 6.07) is 0. The molecular weight excluding hydrogens is 231 g/mol. The molecule has 0 spiro atoms. The lowest BCUT2D eigenvalue weighted by Crippen LogP contribution is -2.28. The second-order valence-corrected chi connectivity index (χ2v) is 4.55. The SMILES string of the molecule is Cc1[nH]c(C(F)(F)F)nc1CC1CCNCC1. The van der Waals surface area contributed by atoms with Crippen LogP contribution in [0, 0.1) is 12.8 Å². The first kappa shape index (κ1) is 12.4. The molecular formula is C11H16F3N3. The Kier molecular flexibility index (Phi) is 3.42. The molecule has 1 saturated heterocycles. The molecule has 17 heavy (non-hydrogen) atoms. The molecule has 6 heteroatoms. The molecule has 1 aromatic heterocycles. The Hall–Kier alpha value is -1.04. The third-order valence-corrected chi connectivity index (χ3v) is 3.19. The zero-order valence-electron chi connectivity index (χ0n) is 9.69. The van der Waals surface area contributed by atoms with Crippen LogP contribution < -0.4 is 5.32 Å².